The Bertz CT molecular complexity index is 855. The van der Waals surface area contributed by atoms with Gasteiger partial charge in [-0.1, -0.05) is 31.2 Å². The molecule has 3 N–H and O–H groups in total. The van der Waals surface area contributed by atoms with Crippen molar-refractivity contribution in [3.63, 3.8) is 0 Å². The molecule has 1 fully saturated rings. The fraction of sp³-hybridized carbons (Fsp3) is 0.278. The van der Waals surface area contributed by atoms with Gasteiger partial charge in [0.15, 0.2) is 0 Å². The number of hydrogen-bond donors (Lipinski definition) is 3. The molecule has 0 bridgehead atoms. The van der Waals surface area contributed by atoms with Gasteiger partial charge in [0.1, 0.15) is 0 Å². The Hall–Kier alpha value is -2.09. The van der Waals surface area contributed by atoms with Crippen LogP contribution in [-0.4, -0.2) is 27.4 Å². The zero-order valence-electron chi connectivity index (χ0n) is 14.3. The number of anilines is 2. The van der Waals surface area contributed by atoms with Crippen molar-refractivity contribution in [3.8, 4) is 0 Å². The van der Waals surface area contributed by atoms with E-state index in [1.807, 2.05) is 6.92 Å². The Kier molecular flexibility index (Phi) is 6.63. The first-order valence-corrected chi connectivity index (χ1v) is 9.63. The maximum absolute atomic E-state index is 12.4. The predicted octanol–water partition coefficient (Wildman–Crippen LogP) is 2.70. The third kappa shape index (κ3) is 4.75. The number of hydrogen-bond acceptors (Lipinski definition) is 4. The van der Waals surface area contributed by atoms with Gasteiger partial charge in [-0.15, -0.1) is 12.4 Å². The van der Waals surface area contributed by atoms with E-state index < -0.39 is 10.0 Å². The highest BCUT2D eigenvalue weighted by molar-refractivity contribution is 7.92. The Morgan fingerprint density at radius 2 is 1.73 bits per heavy atom. The number of halogens is 1. The largest absolute Gasteiger partial charge is 0.326 e. The summed E-state index contributed by atoms with van der Waals surface area (Å²) in [6, 6.07) is 14.9. The molecule has 2 aromatic rings. The van der Waals surface area contributed by atoms with E-state index in [0.717, 1.165) is 13.1 Å². The van der Waals surface area contributed by atoms with E-state index in [1.54, 1.807) is 42.5 Å². The van der Waals surface area contributed by atoms with Crippen LogP contribution in [0.5, 0.6) is 0 Å². The van der Waals surface area contributed by atoms with Crippen molar-refractivity contribution in [1.82, 2.24) is 5.32 Å². The number of amides is 1. The summed E-state index contributed by atoms with van der Waals surface area (Å²) in [5.74, 6) is 0.195. The van der Waals surface area contributed by atoms with Gasteiger partial charge >= 0.3 is 0 Å². The quantitative estimate of drug-likeness (QED) is 0.701. The predicted molar refractivity (Wildman–Crippen MR) is 105 cm³/mol. The van der Waals surface area contributed by atoms with Crippen LogP contribution in [0.1, 0.15) is 6.92 Å². The molecular weight excluding hydrogens is 374 g/mol. The van der Waals surface area contributed by atoms with E-state index in [4.69, 9.17) is 0 Å². The first-order chi connectivity index (χ1) is 12.0. The molecule has 1 amide bonds. The van der Waals surface area contributed by atoms with Crippen LogP contribution in [0.25, 0.3) is 0 Å². The van der Waals surface area contributed by atoms with Crippen molar-refractivity contribution in [3.05, 3.63) is 54.6 Å². The van der Waals surface area contributed by atoms with Crippen molar-refractivity contribution >= 4 is 39.7 Å². The molecule has 1 heterocycles. The lowest BCUT2D eigenvalue weighted by atomic mass is 9.88. The SMILES string of the molecule is CC(C(=O)Nc1cccc(NS(=O)(=O)c2ccccc2)c1)C1CNC1.Cl. The maximum atomic E-state index is 12.4. The van der Waals surface area contributed by atoms with Crippen LogP contribution in [0, 0.1) is 11.8 Å². The normalized spacial score (nSPS) is 15.3. The van der Waals surface area contributed by atoms with Crippen LogP contribution in [0.15, 0.2) is 59.5 Å². The number of sulfonamides is 1. The Morgan fingerprint density at radius 3 is 2.35 bits per heavy atom. The fourth-order valence-electron chi connectivity index (χ4n) is 2.61. The van der Waals surface area contributed by atoms with E-state index in [1.165, 1.54) is 12.1 Å². The average molecular weight is 396 g/mol. The lowest BCUT2D eigenvalue weighted by Gasteiger charge is -2.31. The van der Waals surface area contributed by atoms with E-state index in [2.05, 4.69) is 15.4 Å². The van der Waals surface area contributed by atoms with Crippen molar-refractivity contribution in [1.29, 1.82) is 0 Å². The number of benzene rings is 2. The highest BCUT2D eigenvalue weighted by Crippen LogP contribution is 2.22. The van der Waals surface area contributed by atoms with Crippen molar-refractivity contribution in [2.45, 2.75) is 11.8 Å². The smallest absolute Gasteiger partial charge is 0.261 e. The highest BCUT2D eigenvalue weighted by Gasteiger charge is 2.28. The van der Waals surface area contributed by atoms with Crippen LogP contribution >= 0.6 is 12.4 Å². The lowest BCUT2D eigenvalue weighted by molar-refractivity contribution is -0.121. The topological polar surface area (TPSA) is 87.3 Å². The Labute approximate surface area is 159 Å². The first-order valence-electron chi connectivity index (χ1n) is 8.15. The zero-order valence-corrected chi connectivity index (χ0v) is 15.9. The molecule has 1 unspecified atom stereocenters. The molecule has 1 saturated heterocycles. The summed E-state index contributed by atoms with van der Waals surface area (Å²) in [5, 5.41) is 6.01. The minimum atomic E-state index is -3.65. The monoisotopic (exact) mass is 395 g/mol. The van der Waals surface area contributed by atoms with Gasteiger partial charge in [-0.05, 0) is 49.3 Å². The van der Waals surface area contributed by atoms with Crippen LogP contribution in [0.2, 0.25) is 0 Å². The molecule has 1 atom stereocenters. The molecule has 0 radical (unpaired) electrons. The van der Waals surface area contributed by atoms with Crippen LogP contribution in [0.3, 0.4) is 0 Å². The van der Waals surface area contributed by atoms with Crippen molar-refractivity contribution in [2.24, 2.45) is 11.8 Å². The molecule has 140 valence electrons. The number of carbonyl (C=O) groups is 1. The molecule has 0 spiro atoms. The summed E-state index contributed by atoms with van der Waals surface area (Å²) in [7, 11) is -3.65. The highest BCUT2D eigenvalue weighted by atomic mass is 35.5. The molecule has 6 nitrogen and oxygen atoms in total. The fourth-order valence-corrected chi connectivity index (χ4v) is 3.68. The summed E-state index contributed by atoms with van der Waals surface area (Å²) in [5.41, 5.74) is 0.969. The van der Waals surface area contributed by atoms with Gasteiger partial charge in [-0.3, -0.25) is 9.52 Å². The van der Waals surface area contributed by atoms with Crippen molar-refractivity contribution in [2.75, 3.05) is 23.1 Å². The van der Waals surface area contributed by atoms with Gasteiger partial charge in [-0.25, -0.2) is 8.42 Å². The first kappa shape index (κ1) is 20.2. The Balaban J connectivity index is 0.00000243. The second-order valence-electron chi connectivity index (χ2n) is 6.20. The molecular formula is C18H22ClN3O3S. The summed E-state index contributed by atoms with van der Waals surface area (Å²) in [6.07, 6.45) is 0. The molecule has 2 aromatic carbocycles. The molecule has 1 aliphatic heterocycles. The minimum absolute atomic E-state index is 0. The van der Waals surface area contributed by atoms with Gasteiger partial charge in [-0.2, -0.15) is 0 Å². The van der Waals surface area contributed by atoms with Gasteiger partial charge in [0.25, 0.3) is 10.0 Å². The second-order valence-corrected chi connectivity index (χ2v) is 7.88. The minimum Gasteiger partial charge on any atom is -0.326 e. The molecule has 0 aliphatic carbocycles. The molecule has 8 heteroatoms. The number of rotatable bonds is 6. The molecule has 3 rings (SSSR count). The van der Waals surface area contributed by atoms with Gasteiger partial charge in [0.05, 0.1) is 10.6 Å². The van der Waals surface area contributed by atoms with E-state index >= 15 is 0 Å². The van der Waals surface area contributed by atoms with Crippen molar-refractivity contribution < 1.29 is 13.2 Å². The second kappa shape index (κ2) is 8.53. The standard InChI is InChI=1S/C18H21N3O3S.ClH/c1-13(14-11-19-12-14)18(22)20-15-6-5-7-16(10-15)21-25(23,24)17-8-3-2-4-9-17;/h2-10,13-14,19,21H,11-12H2,1H3,(H,20,22);1H. The third-order valence-electron chi connectivity index (χ3n) is 4.37. The summed E-state index contributed by atoms with van der Waals surface area (Å²) < 4.78 is 27.3. The molecule has 0 saturated carbocycles. The van der Waals surface area contributed by atoms with Crippen LogP contribution in [-0.2, 0) is 14.8 Å². The molecule has 0 aromatic heterocycles. The maximum Gasteiger partial charge on any atom is 0.261 e. The summed E-state index contributed by atoms with van der Waals surface area (Å²) in [4.78, 5) is 12.5. The zero-order chi connectivity index (χ0) is 17.9. The van der Waals surface area contributed by atoms with Crippen LogP contribution < -0.4 is 15.4 Å². The summed E-state index contributed by atoms with van der Waals surface area (Å²) >= 11 is 0. The number of carbonyl (C=O) groups excluding carboxylic acids is 1. The molecule has 26 heavy (non-hydrogen) atoms. The number of nitrogens with one attached hydrogen (secondary N) is 3. The average Bonchev–Trinajstić information content (AvgIpc) is 2.54. The van der Waals surface area contributed by atoms with Crippen LogP contribution in [0.4, 0.5) is 11.4 Å². The van der Waals surface area contributed by atoms with Gasteiger partial charge in [0.2, 0.25) is 5.91 Å². The van der Waals surface area contributed by atoms with E-state index in [-0.39, 0.29) is 29.1 Å². The van der Waals surface area contributed by atoms with Gasteiger partial charge in [0, 0.05) is 11.6 Å². The summed E-state index contributed by atoms with van der Waals surface area (Å²) in [6.45, 7) is 3.61. The Morgan fingerprint density at radius 1 is 1.08 bits per heavy atom. The van der Waals surface area contributed by atoms with E-state index in [9.17, 15) is 13.2 Å². The third-order valence-corrected chi connectivity index (χ3v) is 5.77. The van der Waals surface area contributed by atoms with Gasteiger partial charge < -0.3 is 10.6 Å². The molecule has 1 aliphatic rings. The lowest BCUT2D eigenvalue weighted by Crippen LogP contribution is -2.48. The van der Waals surface area contributed by atoms with E-state index in [0.29, 0.717) is 17.3 Å².